The molecule has 0 saturated carbocycles. The van der Waals surface area contributed by atoms with Gasteiger partial charge in [-0.1, -0.05) is 37.4 Å². The second kappa shape index (κ2) is 5.32. The van der Waals surface area contributed by atoms with E-state index in [0.29, 0.717) is 12.0 Å². The Hall–Kier alpha value is -0.600. The summed E-state index contributed by atoms with van der Waals surface area (Å²) in [6.45, 7) is 2.06. The van der Waals surface area contributed by atoms with E-state index in [1.54, 1.807) is 6.07 Å². The molecule has 0 aromatic heterocycles. The van der Waals surface area contributed by atoms with Crippen LogP contribution in [-0.4, -0.2) is 5.11 Å². The zero-order chi connectivity index (χ0) is 10.6. The number of unbranched alkanes of at least 4 members (excludes halogenated alkanes) is 1. The van der Waals surface area contributed by atoms with Crippen molar-refractivity contribution in [1.82, 2.24) is 0 Å². The second-order valence-electron chi connectivity index (χ2n) is 3.33. The van der Waals surface area contributed by atoms with Crippen LogP contribution in [0.25, 0.3) is 0 Å². The van der Waals surface area contributed by atoms with Crippen LogP contribution >= 0.6 is 11.6 Å². The summed E-state index contributed by atoms with van der Waals surface area (Å²) in [5, 5.41) is 9.75. The van der Waals surface area contributed by atoms with Crippen molar-refractivity contribution >= 4 is 11.6 Å². The topological polar surface area (TPSA) is 20.2 Å². The fraction of sp³-hybridized carbons (Fsp3) is 0.455. The Morgan fingerprint density at radius 3 is 2.79 bits per heavy atom. The average molecular weight is 217 g/mol. The predicted molar refractivity (Wildman–Crippen MR) is 55.9 cm³/mol. The lowest BCUT2D eigenvalue weighted by atomic mass is 10.0. The van der Waals surface area contributed by atoms with Crippen LogP contribution in [0.2, 0.25) is 5.02 Å². The van der Waals surface area contributed by atoms with Crippen molar-refractivity contribution in [2.24, 2.45) is 0 Å². The standard InChI is InChI=1S/C11H14ClFO/c1-2-3-4-11(14)8-5-6-10(13)9(12)7-8/h5-7,11,14H,2-4H2,1H3. The zero-order valence-corrected chi connectivity index (χ0v) is 8.89. The lowest BCUT2D eigenvalue weighted by molar-refractivity contribution is 0.164. The maximum atomic E-state index is 12.8. The third-order valence-electron chi connectivity index (χ3n) is 2.16. The molecule has 0 amide bonds. The van der Waals surface area contributed by atoms with Crippen LogP contribution in [0.5, 0.6) is 0 Å². The Bertz CT molecular complexity index is 301. The van der Waals surface area contributed by atoms with Gasteiger partial charge in [-0.2, -0.15) is 0 Å². The number of hydrogen-bond acceptors (Lipinski definition) is 1. The fourth-order valence-corrected chi connectivity index (χ4v) is 1.47. The highest BCUT2D eigenvalue weighted by Gasteiger charge is 2.08. The van der Waals surface area contributed by atoms with Crippen LogP contribution in [0.1, 0.15) is 37.9 Å². The minimum absolute atomic E-state index is 0.0676. The molecule has 0 bridgehead atoms. The first-order valence-electron chi connectivity index (χ1n) is 4.78. The zero-order valence-electron chi connectivity index (χ0n) is 8.13. The Kier molecular flexibility index (Phi) is 4.36. The molecular formula is C11H14ClFO. The van der Waals surface area contributed by atoms with E-state index in [2.05, 4.69) is 6.92 Å². The number of halogens is 2. The van der Waals surface area contributed by atoms with E-state index < -0.39 is 11.9 Å². The average Bonchev–Trinajstić information content (AvgIpc) is 2.18. The van der Waals surface area contributed by atoms with Gasteiger partial charge >= 0.3 is 0 Å². The molecule has 1 unspecified atom stereocenters. The molecule has 0 fully saturated rings. The molecule has 0 aliphatic carbocycles. The molecule has 3 heteroatoms. The van der Waals surface area contributed by atoms with Crippen LogP contribution in [0.15, 0.2) is 18.2 Å². The molecule has 1 rings (SSSR count). The molecule has 0 radical (unpaired) electrons. The summed E-state index contributed by atoms with van der Waals surface area (Å²) in [6, 6.07) is 4.34. The van der Waals surface area contributed by atoms with E-state index in [0.717, 1.165) is 12.8 Å². The van der Waals surface area contributed by atoms with E-state index in [1.165, 1.54) is 12.1 Å². The number of rotatable bonds is 4. The summed E-state index contributed by atoms with van der Waals surface area (Å²) in [7, 11) is 0. The third kappa shape index (κ3) is 2.96. The van der Waals surface area contributed by atoms with E-state index in [4.69, 9.17) is 11.6 Å². The first-order valence-corrected chi connectivity index (χ1v) is 5.16. The first kappa shape index (κ1) is 11.5. The van der Waals surface area contributed by atoms with Gasteiger partial charge < -0.3 is 5.11 Å². The highest BCUT2D eigenvalue weighted by atomic mass is 35.5. The summed E-state index contributed by atoms with van der Waals surface area (Å²) in [5.41, 5.74) is 0.685. The van der Waals surface area contributed by atoms with Crippen molar-refractivity contribution in [3.05, 3.63) is 34.6 Å². The van der Waals surface area contributed by atoms with Crippen molar-refractivity contribution in [2.45, 2.75) is 32.3 Å². The molecule has 1 aromatic rings. The highest BCUT2D eigenvalue weighted by Crippen LogP contribution is 2.23. The van der Waals surface area contributed by atoms with Gasteiger partial charge in [-0.05, 0) is 24.1 Å². The lowest BCUT2D eigenvalue weighted by Crippen LogP contribution is -1.97. The van der Waals surface area contributed by atoms with Crippen LogP contribution in [0.4, 0.5) is 4.39 Å². The Morgan fingerprint density at radius 2 is 2.21 bits per heavy atom. The van der Waals surface area contributed by atoms with Crippen molar-refractivity contribution in [1.29, 1.82) is 0 Å². The number of benzene rings is 1. The summed E-state index contributed by atoms with van der Waals surface area (Å²) in [5.74, 6) is -0.446. The Labute approximate surface area is 88.5 Å². The summed E-state index contributed by atoms with van der Waals surface area (Å²) < 4.78 is 12.8. The van der Waals surface area contributed by atoms with Crippen LogP contribution < -0.4 is 0 Å². The van der Waals surface area contributed by atoms with Gasteiger partial charge in [-0.15, -0.1) is 0 Å². The highest BCUT2D eigenvalue weighted by molar-refractivity contribution is 6.30. The van der Waals surface area contributed by atoms with Crippen LogP contribution in [0.3, 0.4) is 0 Å². The molecule has 0 heterocycles. The Morgan fingerprint density at radius 1 is 1.50 bits per heavy atom. The molecule has 1 N–H and O–H groups in total. The molecule has 1 nitrogen and oxygen atoms in total. The van der Waals surface area contributed by atoms with Crippen molar-refractivity contribution in [3.63, 3.8) is 0 Å². The second-order valence-corrected chi connectivity index (χ2v) is 3.74. The van der Waals surface area contributed by atoms with Gasteiger partial charge in [-0.3, -0.25) is 0 Å². The van der Waals surface area contributed by atoms with Gasteiger partial charge in [0.25, 0.3) is 0 Å². The van der Waals surface area contributed by atoms with Crippen molar-refractivity contribution in [2.75, 3.05) is 0 Å². The maximum Gasteiger partial charge on any atom is 0.141 e. The van der Waals surface area contributed by atoms with Gasteiger partial charge in [0.05, 0.1) is 11.1 Å². The number of aliphatic hydroxyl groups is 1. The third-order valence-corrected chi connectivity index (χ3v) is 2.45. The number of aliphatic hydroxyl groups excluding tert-OH is 1. The summed E-state index contributed by atoms with van der Waals surface area (Å²) in [6.07, 6.45) is 2.15. The quantitative estimate of drug-likeness (QED) is 0.814. The van der Waals surface area contributed by atoms with E-state index >= 15 is 0 Å². The Balaban J connectivity index is 2.70. The summed E-state index contributed by atoms with van der Waals surface area (Å²) >= 11 is 5.61. The first-order chi connectivity index (χ1) is 6.65. The maximum absolute atomic E-state index is 12.8. The van der Waals surface area contributed by atoms with Gasteiger partial charge in [-0.25, -0.2) is 4.39 Å². The predicted octanol–water partition coefficient (Wildman–Crippen LogP) is 3.70. The van der Waals surface area contributed by atoms with E-state index in [1.807, 2.05) is 0 Å². The largest absolute Gasteiger partial charge is 0.388 e. The molecule has 0 saturated heterocycles. The molecule has 0 aliphatic rings. The number of hydrogen-bond donors (Lipinski definition) is 1. The molecule has 1 atom stereocenters. The van der Waals surface area contributed by atoms with E-state index in [9.17, 15) is 9.50 Å². The fourth-order valence-electron chi connectivity index (χ4n) is 1.28. The minimum Gasteiger partial charge on any atom is -0.388 e. The summed E-state index contributed by atoms with van der Waals surface area (Å²) in [4.78, 5) is 0. The minimum atomic E-state index is -0.534. The molecule has 1 aromatic carbocycles. The van der Waals surface area contributed by atoms with Crippen LogP contribution in [0, 0.1) is 5.82 Å². The SMILES string of the molecule is CCCCC(O)c1ccc(F)c(Cl)c1. The van der Waals surface area contributed by atoms with Gasteiger partial charge in [0, 0.05) is 0 Å². The van der Waals surface area contributed by atoms with Gasteiger partial charge in [0.15, 0.2) is 0 Å². The lowest BCUT2D eigenvalue weighted by Gasteiger charge is -2.10. The monoisotopic (exact) mass is 216 g/mol. The normalized spacial score (nSPS) is 12.9. The smallest absolute Gasteiger partial charge is 0.141 e. The van der Waals surface area contributed by atoms with Crippen molar-refractivity contribution < 1.29 is 9.50 Å². The van der Waals surface area contributed by atoms with E-state index in [-0.39, 0.29) is 5.02 Å². The molecule has 14 heavy (non-hydrogen) atoms. The van der Waals surface area contributed by atoms with Crippen molar-refractivity contribution in [3.8, 4) is 0 Å². The molecule has 78 valence electrons. The molecule has 0 spiro atoms. The van der Waals surface area contributed by atoms with Gasteiger partial charge in [0.1, 0.15) is 5.82 Å². The molecule has 0 aliphatic heterocycles. The van der Waals surface area contributed by atoms with Gasteiger partial charge in [0.2, 0.25) is 0 Å². The van der Waals surface area contributed by atoms with Crippen LogP contribution in [-0.2, 0) is 0 Å². The molecular weight excluding hydrogens is 203 g/mol.